The van der Waals surface area contributed by atoms with Crippen LogP contribution in [0.2, 0.25) is 0 Å². The van der Waals surface area contributed by atoms with E-state index >= 15 is 0 Å². The first-order valence-corrected chi connectivity index (χ1v) is 8.05. The molecule has 0 aliphatic carbocycles. The maximum Gasteiger partial charge on any atom is 0.150 e. The van der Waals surface area contributed by atoms with Gasteiger partial charge in [-0.2, -0.15) is 0 Å². The second-order valence-corrected chi connectivity index (χ2v) is 7.45. The zero-order valence-corrected chi connectivity index (χ0v) is 10.8. The molecule has 6 heteroatoms. The van der Waals surface area contributed by atoms with Gasteiger partial charge in [0.05, 0.1) is 17.1 Å². The molecule has 0 saturated carbocycles. The van der Waals surface area contributed by atoms with Crippen molar-refractivity contribution in [2.24, 2.45) is 0 Å². The fraction of sp³-hybridized carbons (Fsp3) is 1.00. The highest BCUT2D eigenvalue weighted by Gasteiger charge is 2.31. The summed E-state index contributed by atoms with van der Waals surface area (Å²) in [5.74, 6) is 0.540. The minimum absolute atomic E-state index is 0.227. The van der Waals surface area contributed by atoms with Gasteiger partial charge in [0.15, 0.2) is 0 Å². The van der Waals surface area contributed by atoms with Gasteiger partial charge in [0.2, 0.25) is 0 Å². The Hall–Kier alpha value is -0.170. The average Bonchev–Trinajstić information content (AvgIpc) is 2.29. The lowest BCUT2D eigenvalue weighted by Gasteiger charge is -2.34. The molecule has 100 valence electrons. The SMILES string of the molecule is O=S1(=O)CCC(NCC2(O)CCOCC2)CC1. The molecule has 0 aromatic carbocycles. The fourth-order valence-electron chi connectivity index (χ4n) is 2.36. The van der Waals surface area contributed by atoms with Gasteiger partial charge in [-0.3, -0.25) is 0 Å². The van der Waals surface area contributed by atoms with Crippen LogP contribution >= 0.6 is 0 Å². The fourth-order valence-corrected chi connectivity index (χ4v) is 3.85. The van der Waals surface area contributed by atoms with E-state index in [2.05, 4.69) is 5.32 Å². The molecule has 2 heterocycles. The molecule has 2 aliphatic rings. The Morgan fingerprint density at radius 2 is 1.82 bits per heavy atom. The van der Waals surface area contributed by atoms with Gasteiger partial charge in [0.25, 0.3) is 0 Å². The number of ether oxygens (including phenoxy) is 1. The summed E-state index contributed by atoms with van der Waals surface area (Å²) in [5.41, 5.74) is -0.672. The first kappa shape index (κ1) is 13.3. The molecule has 0 radical (unpaired) electrons. The molecule has 2 saturated heterocycles. The van der Waals surface area contributed by atoms with Crippen LogP contribution < -0.4 is 5.32 Å². The normalized spacial score (nSPS) is 29.0. The molecule has 2 rings (SSSR count). The van der Waals surface area contributed by atoms with Gasteiger partial charge in [0, 0.05) is 38.6 Å². The second kappa shape index (κ2) is 5.22. The zero-order valence-electron chi connectivity index (χ0n) is 10.0. The molecule has 2 fully saturated rings. The summed E-state index contributed by atoms with van der Waals surface area (Å²) in [6, 6.07) is 0.227. The lowest BCUT2D eigenvalue weighted by atomic mass is 9.94. The van der Waals surface area contributed by atoms with Gasteiger partial charge in [0.1, 0.15) is 9.84 Å². The van der Waals surface area contributed by atoms with E-state index in [1.165, 1.54) is 0 Å². The van der Waals surface area contributed by atoms with Gasteiger partial charge in [-0.1, -0.05) is 0 Å². The molecule has 0 amide bonds. The van der Waals surface area contributed by atoms with Crippen LogP contribution in [0.4, 0.5) is 0 Å². The molecule has 0 unspecified atom stereocenters. The number of sulfone groups is 1. The van der Waals surface area contributed by atoms with Gasteiger partial charge >= 0.3 is 0 Å². The Labute approximate surface area is 102 Å². The van der Waals surface area contributed by atoms with Crippen LogP contribution in [0.1, 0.15) is 25.7 Å². The maximum atomic E-state index is 11.3. The highest BCUT2D eigenvalue weighted by Crippen LogP contribution is 2.20. The van der Waals surface area contributed by atoms with Crippen LogP contribution in [0.5, 0.6) is 0 Å². The molecule has 0 atom stereocenters. The van der Waals surface area contributed by atoms with Crippen LogP contribution in [0.15, 0.2) is 0 Å². The summed E-state index contributed by atoms with van der Waals surface area (Å²) in [7, 11) is -2.80. The lowest BCUT2D eigenvalue weighted by Crippen LogP contribution is -2.49. The molecule has 0 bridgehead atoms. The van der Waals surface area contributed by atoms with E-state index < -0.39 is 15.4 Å². The average molecular weight is 263 g/mol. The largest absolute Gasteiger partial charge is 0.388 e. The Morgan fingerprint density at radius 3 is 2.41 bits per heavy atom. The summed E-state index contributed by atoms with van der Waals surface area (Å²) >= 11 is 0. The first-order valence-electron chi connectivity index (χ1n) is 6.23. The smallest absolute Gasteiger partial charge is 0.150 e. The van der Waals surface area contributed by atoms with E-state index in [1.807, 2.05) is 0 Å². The minimum atomic E-state index is -2.80. The molecule has 2 N–H and O–H groups in total. The zero-order chi connectivity index (χ0) is 12.4. The van der Waals surface area contributed by atoms with Crippen molar-refractivity contribution in [3.63, 3.8) is 0 Å². The molecular weight excluding hydrogens is 242 g/mol. The van der Waals surface area contributed by atoms with Crippen LogP contribution in [-0.4, -0.2) is 56.4 Å². The Kier molecular flexibility index (Phi) is 4.07. The van der Waals surface area contributed by atoms with Crippen molar-refractivity contribution in [1.82, 2.24) is 5.32 Å². The number of rotatable bonds is 3. The molecule has 0 aromatic heterocycles. The van der Waals surface area contributed by atoms with Crippen LogP contribution in [0.25, 0.3) is 0 Å². The van der Waals surface area contributed by atoms with Crippen molar-refractivity contribution in [3.05, 3.63) is 0 Å². The van der Waals surface area contributed by atoms with Crippen molar-refractivity contribution in [3.8, 4) is 0 Å². The van der Waals surface area contributed by atoms with Crippen LogP contribution in [0.3, 0.4) is 0 Å². The molecular formula is C11H21NO4S. The number of aliphatic hydroxyl groups is 1. The van der Waals surface area contributed by atoms with Crippen LogP contribution in [0, 0.1) is 0 Å². The molecule has 0 spiro atoms. The quantitative estimate of drug-likeness (QED) is 0.731. The molecule has 2 aliphatic heterocycles. The third kappa shape index (κ3) is 3.91. The third-order valence-corrected chi connectivity index (χ3v) is 5.41. The van der Waals surface area contributed by atoms with Gasteiger partial charge in [-0.05, 0) is 12.8 Å². The van der Waals surface area contributed by atoms with Crippen molar-refractivity contribution in [1.29, 1.82) is 0 Å². The summed E-state index contributed by atoms with van der Waals surface area (Å²) < 4.78 is 27.8. The third-order valence-electron chi connectivity index (χ3n) is 3.70. The minimum Gasteiger partial charge on any atom is -0.388 e. The van der Waals surface area contributed by atoms with Crippen molar-refractivity contribution < 1.29 is 18.3 Å². The highest BCUT2D eigenvalue weighted by atomic mass is 32.2. The molecule has 17 heavy (non-hydrogen) atoms. The van der Waals surface area contributed by atoms with Crippen LogP contribution in [-0.2, 0) is 14.6 Å². The van der Waals surface area contributed by atoms with E-state index in [4.69, 9.17) is 4.74 Å². The summed E-state index contributed by atoms with van der Waals surface area (Å²) in [5, 5.41) is 13.5. The van der Waals surface area contributed by atoms with Crippen molar-refractivity contribution in [2.75, 3.05) is 31.3 Å². The predicted molar refractivity (Wildman–Crippen MR) is 64.7 cm³/mol. The van der Waals surface area contributed by atoms with E-state index in [1.54, 1.807) is 0 Å². The lowest BCUT2D eigenvalue weighted by molar-refractivity contribution is -0.0628. The predicted octanol–water partition coefficient (Wildman–Crippen LogP) is -0.305. The maximum absolute atomic E-state index is 11.3. The summed E-state index contributed by atoms with van der Waals surface area (Å²) in [6.45, 7) is 1.76. The van der Waals surface area contributed by atoms with Gasteiger partial charge in [-0.15, -0.1) is 0 Å². The van der Waals surface area contributed by atoms with Gasteiger partial charge < -0.3 is 15.2 Å². The Balaban J connectivity index is 1.75. The number of hydrogen-bond acceptors (Lipinski definition) is 5. The van der Waals surface area contributed by atoms with E-state index in [9.17, 15) is 13.5 Å². The first-order chi connectivity index (χ1) is 7.99. The van der Waals surface area contributed by atoms with E-state index in [-0.39, 0.29) is 17.5 Å². The monoisotopic (exact) mass is 263 g/mol. The molecule has 5 nitrogen and oxygen atoms in total. The Morgan fingerprint density at radius 1 is 1.24 bits per heavy atom. The number of nitrogens with one attached hydrogen (secondary N) is 1. The van der Waals surface area contributed by atoms with Crippen molar-refractivity contribution >= 4 is 9.84 Å². The number of hydrogen-bond donors (Lipinski definition) is 2. The Bertz CT molecular complexity index is 334. The summed E-state index contributed by atoms with van der Waals surface area (Å²) in [6.07, 6.45) is 2.64. The molecule has 0 aromatic rings. The second-order valence-electron chi connectivity index (χ2n) is 5.14. The highest BCUT2D eigenvalue weighted by molar-refractivity contribution is 7.91. The summed E-state index contributed by atoms with van der Waals surface area (Å²) in [4.78, 5) is 0. The standard InChI is InChI=1S/C11H21NO4S/c13-11(3-5-16-6-4-11)9-12-10-1-7-17(14,15)8-2-10/h10,12-13H,1-9H2. The topological polar surface area (TPSA) is 75.6 Å². The van der Waals surface area contributed by atoms with Crippen molar-refractivity contribution in [2.45, 2.75) is 37.3 Å². The van der Waals surface area contributed by atoms with E-state index in [0.717, 1.165) is 0 Å². The van der Waals surface area contributed by atoms with Gasteiger partial charge in [-0.25, -0.2) is 8.42 Å². The van der Waals surface area contributed by atoms with E-state index in [0.29, 0.717) is 45.4 Å².